The molecule has 0 aliphatic carbocycles. The Bertz CT molecular complexity index is 1980. The number of carbonyl (C=O) groups excluding carboxylic acids is 1. The Morgan fingerprint density at radius 1 is 1.08 bits per heavy atom. The van der Waals surface area contributed by atoms with Crippen molar-refractivity contribution in [2.45, 2.75) is 72.7 Å². The average molecular weight is 673 g/mol. The molecule has 2 aliphatic heterocycles. The third-order valence-corrected chi connectivity index (χ3v) is 9.07. The van der Waals surface area contributed by atoms with E-state index in [1.807, 2.05) is 45.9 Å². The third kappa shape index (κ3) is 6.73. The summed E-state index contributed by atoms with van der Waals surface area (Å²) in [5.74, 6) is 0.613. The molecule has 1 unspecified atom stereocenters. The van der Waals surface area contributed by atoms with Crippen molar-refractivity contribution in [1.82, 2.24) is 24.0 Å². The van der Waals surface area contributed by atoms with Gasteiger partial charge in [0.05, 0.1) is 38.8 Å². The number of amides is 1. The predicted molar refractivity (Wildman–Crippen MR) is 182 cm³/mol. The van der Waals surface area contributed by atoms with Crippen LogP contribution in [0.4, 0.5) is 5.69 Å². The van der Waals surface area contributed by atoms with Gasteiger partial charge in [-0.25, -0.2) is 19.5 Å². The number of hydrogen-bond donors (Lipinski definition) is 1. The van der Waals surface area contributed by atoms with E-state index in [9.17, 15) is 14.8 Å². The summed E-state index contributed by atoms with van der Waals surface area (Å²) >= 11 is 0. The highest BCUT2D eigenvalue weighted by Gasteiger charge is 2.27. The fraction of sp³-hybridized carbons (Fsp3) is 0.444. The summed E-state index contributed by atoms with van der Waals surface area (Å²) in [6, 6.07) is 9.87. The van der Waals surface area contributed by atoms with E-state index in [1.165, 1.54) is 17.9 Å². The molecule has 13 heteroatoms. The number of carbonyl (C=O) groups is 1. The molecule has 0 spiro atoms. The summed E-state index contributed by atoms with van der Waals surface area (Å²) in [5.41, 5.74) is 6.58. The molecule has 49 heavy (non-hydrogen) atoms. The number of fused-ring (bicyclic) bond motifs is 3. The lowest BCUT2D eigenvalue weighted by molar-refractivity contribution is -0.0605. The van der Waals surface area contributed by atoms with Crippen molar-refractivity contribution >= 4 is 11.6 Å². The zero-order valence-corrected chi connectivity index (χ0v) is 29.0. The number of methoxy groups -OCH3 is 2. The molecule has 4 aromatic rings. The lowest BCUT2D eigenvalue weighted by Crippen LogP contribution is -2.44. The monoisotopic (exact) mass is 672 g/mol. The van der Waals surface area contributed by atoms with Crippen LogP contribution in [-0.2, 0) is 24.2 Å². The fourth-order valence-corrected chi connectivity index (χ4v) is 6.73. The summed E-state index contributed by atoms with van der Waals surface area (Å²) in [6.45, 7) is 9.26. The van der Waals surface area contributed by atoms with Crippen LogP contribution in [0.1, 0.15) is 65.0 Å². The molecule has 1 atom stereocenters. The average Bonchev–Trinajstić information content (AvgIpc) is 3.54. The van der Waals surface area contributed by atoms with Crippen molar-refractivity contribution in [2.24, 2.45) is 4.99 Å². The van der Waals surface area contributed by atoms with E-state index in [0.29, 0.717) is 53.9 Å². The highest BCUT2D eigenvalue weighted by Crippen LogP contribution is 2.38. The zero-order chi connectivity index (χ0) is 34.8. The van der Waals surface area contributed by atoms with E-state index < -0.39 is 5.91 Å². The van der Waals surface area contributed by atoms with Crippen LogP contribution in [0.3, 0.4) is 0 Å². The van der Waals surface area contributed by atoms with Gasteiger partial charge in [0.15, 0.2) is 11.5 Å². The first-order valence-corrected chi connectivity index (χ1v) is 16.7. The van der Waals surface area contributed by atoms with Crippen LogP contribution in [0, 0.1) is 20.8 Å². The maximum absolute atomic E-state index is 14.3. The van der Waals surface area contributed by atoms with Crippen LogP contribution >= 0.6 is 0 Å². The van der Waals surface area contributed by atoms with E-state index in [0.717, 1.165) is 52.8 Å². The van der Waals surface area contributed by atoms with Crippen molar-refractivity contribution in [3.8, 4) is 28.6 Å². The van der Waals surface area contributed by atoms with Crippen LogP contribution < -0.4 is 25.4 Å². The second-order valence-electron chi connectivity index (χ2n) is 12.5. The van der Waals surface area contributed by atoms with E-state index in [-0.39, 0.29) is 36.5 Å². The van der Waals surface area contributed by atoms with Gasteiger partial charge in [-0.1, -0.05) is 17.7 Å². The largest absolute Gasteiger partial charge is 0.493 e. The normalized spacial score (nSPS) is 15.8. The van der Waals surface area contributed by atoms with Gasteiger partial charge in [0, 0.05) is 37.5 Å². The highest BCUT2D eigenvalue weighted by atomic mass is 16.5. The minimum Gasteiger partial charge on any atom is -0.493 e. The Morgan fingerprint density at radius 3 is 2.53 bits per heavy atom. The van der Waals surface area contributed by atoms with Gasteiger partial charge < -0.3 is 18.9 Å². The van der Waals surface area contributed by atoms with Gasteiger partial charge in [-0.3, -0.25) is 19.1 Å². The first-order chi connectivity index (χ1) is 23.6. The van der Waals surface area contributed by atoms with E-state index in [4.69, 9.17) is 23.9 Å². The molecular weight excluding hydrogens is 628 g/mol. The molecule has 2 aromatic heterocycles. The first-order valence-electron chi connectivity index (χ1n) is 16.7. The zero-order valence-electron chi connectivity index (χ0n) is 29.0. The molecule has 6 rings (SSSR count). The number of hydroxylamine groups is 2. The summed E-state index contributed by atoms with van der Waals surface area (Å²) in [4.78, 5) is 32.8. The minimum absolute atomic E-state index is 0.0220. The summed E-state index contributed by atoms with van der Waals surface area (Å²) in [7, 11) is 3.01. The smallest absolute Gasteiger partial charge is 0.330 e. The molecule has 0 saturated carbocycles. The number of benzene rings is 2. The fourth-order valence-electron chi connectivity index (χ4n) is 6.73. The summed E-state index contributed by atoms with van der Waals surface area (Å²) < 4.78 is 27.4. The van der Waals surface area contributed by atoms with Gasteiger partial charge in [0.2, 0.25) is 5.88 Å². The second kappa shape index (κ2) is 14.3. The standard InChI is InChI=1S/C36H44N6O7/c1-7-48-30-18-25-11-12-39-28(26(25)19-29(30)46-5)20-31(37-33-23(3)16-22(2)17-24(33)4)40(36(39)44)13-14-42(45)35(43)27-21-41(38-34(27)47-6)32-10-8-9-15-49-32/h16-21,32,45H,7-15H2,1-6H3. The Morgan fingerprint density at radius 2 is 1.86 bits per heavy atom. The van der Waals surface area contributed by atoms with Crippen molar-refractivity contribution in [3.63, 3.8) is 0 Å². The Hall–Kier alpha value is -4.88. The maximum Gasteiger partial charge on any atom is 0.330 e. The molecule has 2 aliphatic rings. The first kappa shape index (κ1) is 34.0. The van der Waals surface area contributed by atoms with Crippen molar-refractivity contribution < 1.29 is 28.9 Å². The Kier molecular flexibility index (Phi) is 9.93. The molecule has 1 saturated heterocycles. The van der Waals surface area contributed by atoms with Gasteiger partial charge in [0.25, 0.3) is 5.91 Å². The number of aryl methyl sites for hydroxylation is 4. The predicted octanol–water partition coefficient (Wildman–Crippen LogP) is 4.87. The minimum atomic E-state index is -0.701. The van der Waals surface area contributed by atoms with Crippen LogP contribution in [-0.4, -0.2) is 69.1 Å². The second-order valence-corrected chi connectivity index (χ2v) is 12.5. The number of ether oxygens (including phenoxy) is 4. The lowest BCUT2D eigenvalue weighted by Gasteiger charge is -2.25. The van der Waals surface area contributed by atoms with E-state index in [1.54, 1.807) is 16.4 Å². The lowest BCUT2D eigenvalue weighted by atomic mass is 9.97. The number of nitrogens with zero attached hydrogens (tertiary/aromatic N) is 6. The van der Waals surface area contributed by atoms with Gasteiger partial charge >= 0.3 is 5.69 Å². The van der Waals surface area contributed by atoms with Crippen LogP contribution in [0.5, 0.6) is 17.4 Å². The van der Waals surface area contributed by atoms with Crippen molar-refractivity contribution in [3.05, 3.63) is 80.3 Å². The molecule has 260 valence electrons. The third-order valence-electron chi connectivity index (χ3n) is 9.07. The molecule has 4 heterocycles. The highest BCUT2D eigenvalue weighted by molar-refractivity contribution is 5.95. The van der Waals surface area contributed by atoms with E-state index >= 15 is 0 Å². The molecule has 13 nitrogen and oxygen atoms in total. The van der Waals surface area contributed by atoms with Crippen LogP contribution in [0.2, 0.25) is 0 Å². The van der Waals surface area contributed by atoms with E-state index in [2.05, 4.69) is 17.2 Å². The van der Waals surface area contributed by atoms with Crippen molar-refractivity contribution in [2.75, 3.05) is 34.0 Å². The van der Waals surface area contributed by atoms with Gasteiger partial charge in [-0.2, -0.15) is 0 Å². The Balaban J connectivity index is 1.40. The van der Waals surface area contributed by atoms with Gasteiger partial charge in [-0.05, 0) is 82.2 Å². The summed E-state index contributed by atoms with van der Waals surface area (Å²) in [6.07, 6.45) is 4.55. The molecule has 2 aromatic carbocycles. The molecular formula is C36H44N6O7. The molecule has 1 fully saturated rings. The van der Waals surface area contributed by atoms with Crippen LogP contribution in [0.15, 0.2) is 46.3 Å². The Labute approximate surface area is 284 Å². The molecule has 1 amide bonds. The van der Waals surface area contributed by atoms with Crippen LogP contribution in [0.25, 0.3) is 11.3 Å². The van der Waals surface area contributed by atoms with Gasteiger partial charge in [0.1, 0.15) is 17.3 Å². The quantitative estimate of drug-likeness (QED) is 0.186. The van der Waals surface area contributed by atoms with Crippen molar-refractivity contribution in [1.29, 1.82) is 0 Å². The number of rotatable bonds is 10. The SMILES string of the molecule is CCOc1cc2c(cc1OC)-c1cc(=Nc3c(C)cc(C)cc3C)n(CCN(O)C(=O)c3cn(C4CCCCO4)nc3OC)c(=O)n1CC2. The molecule has 0 bridgehead atoms. The number of aromatic nitrogens is 4. The van der Waals surface area contributed by atoms with Gasteiger partial charge in [-0.15, -0.1) is 5.10 Å². The molecule has 1 N–H and O–H groups in total. The molecule has 0 radical (unpaired) electrons. The summed E-state index contributed by atoms with van der Waals surface area (Å²) in [5, 5.41) is 16.0. The topological polar surface area (TPSA) is 135 Å². The number of hydrogen-bond acceptors (Lipinski definition) is 9. The maximum atomic E-state index is 14.3.